The highest BCUT2D eigenvalue weighted by Crippen LogP contribution is 2.25. The highest BCUT2D eigenvalue weighted by atomic mass is 16.2. The monoisotopic (exact) mass is 393 g/mol. The molecule has 160 valence electrons. The van der Waals surface area contributed by atoms with Crippen LogP contribution in [-0.2, 0) is 9.59 Å². The molecule has 0 radical (unpaired) electrons. The van der Waals surface area contributed by atoms with E-state index in [9.17, 15) is 9.59 Å². The molecule has 1 unspecified atom stereocenters. The first-order valence-electron chi connectivity index (χ1n) is 11.1. The number of hydrogen-bond donors (Lipinski definition) is 3. The van der Waals surface area contributed by atoms with Crippen LogP contribution < -0.4 is 16.0 Å². The Hall–Kier alpha value is -1.79. The molecule has 7 nitrogen and oxygen atoms in total. The van der Waals surface area contributed by atoms with Crippen LogP contribution in [0.4, 0.5) is 0 Å². The lowest BCUT2D eigenvalue weighted by Gasteiger charge is -2.21. The molecule has 1 saturated heterocycles. The molecule has 2 amide bonds. The van der Waals surface area contributed by atoms with Crippen LogP contribution in [0.25, 0.3) is 0 Å². The van der Waals surface area contributed by atoms with Gasteiger partial charge < -0.3 is 20.9 Å². The molecule has 2 fully saturated rings. The van der Waals surface area contributed by atoms with Crippen LogP contribution in [0.15, 0.2) is 4.99 Å². The zero-order valence-electron chi connectivity index (χ0n) is 17.9. The number of aliphatic imine (C=N–C) groups is 1. The Morgan fingerprint density at radius 1 is 1.11 bits per heavy atom. The highest BCUT2D eigenvalue weighted by molar-refractivity contribution is 5.81. The molecule has 2 rings (SSSR count). The highest BCUT2D eigenvalue weighted by Gasteiger charge is 2.27. The lowest BCUT2D eigenvalue weighted by Crippen LogP contribution is -2.45. The van der Waals surface area contributed by atoms with E-state index >= 15 is 0 Å². The van der Waals surface area contributed by atoms with Crippen molar-refractivity contribution in [2.75, 3.05) is 32.7 Å². The molecule has 0 aromatic rings. The van der Waals surface area contributed by atoms with E-state index in [0.717, 1.165) is 32.0 Å². The summed E-state index contributed by atoms with van der Waals surface area (Å²) in [6.07, 6.45) is 7.82. The van der Waals surface area contributed by atoms with Crippen molar-refractivity contribution < 1.29 is 9.59 Å². The average molecular weight is 394 g/mol. The molecule has 1 heterocycles. The van der Waals surface area contributed by atoms with E-state index in [2.05, 4.69) is 20.9 Å². The van der Waals surface area contributed by atoms with Crippen LogP contribution in [0.3, 0.4) is 0 Å². The number of carbonyl (C=O) groups is 2. The minimum absolute atomic E-state index is 0.0397. The van der Waals surface area contributed by atoms with Crippen LogP contribution >= 0.6 is 0 Å². The zero-order chi connectivity index (χ0) is 20.4. The SMILES string of the molecule is CCNC(=NCCNC(=O)CC1CCCCC1)NC1CCN(C(=O)C(C)C)C1. The van der Waals surface area contributed by atoms with Gasteiger partial charge in [-0.05, 0) is 32.1 Å². The number of amides is 2. The minimum Gasteiger partial charge on any atom is -0.357 e. The normalized spacial score (nSPS) is 21.1. The van der Waals surface area contributed by atoms with Crippen molar-refractivity contribution in [2.45, 2.75) is 71.8 Å². The maximum absolute atomic E-state index is 12.1. The van der Waals surface area contributed by atoms with Crippen molar-refractivity contribution in [1.29, 1.82) is 0 Å². The van der Waals surface area contributed by atoms with Gasteiger partial charge in [0.15, 0.2) is 5.96 Å². The number of carbonyl (C=O) groups excluding carboxylic acids is 2. The molecule has 1 aliphatic carbocycles. The van der Waals surface area contributed by atoms with Gasteiger partial charge in [-0.25, -0.2) is 0 Å². The van der Waals surface area contributed by atoms with Crippen molar-refractivity contribution in [2.24, 2.45) is 16.8 Å². The Bertz CT molecular complexity index is 529. The van der Waals surface area contributed by atoms with Crippen molar-refractivity contribution in [3.63, 3.8) is 0 Å². The van der Waals surface area contributed by atoms with Gasteiger partial charge in [0, 0.05) is 44.6 Å². The molecule has 2 aliphatic rings. The molecule has 0 aromatic heterocycles. The molecule has 1 atom stereocenters. The van der Waals surface area contributed by atoms with Crippen molar-refractivity contribution >= 4 is 17.8 Å². The molecule has 1 saturated carbocycles. The van der Waals surface area contributed by atoms with Crippen LogP contribution in [0, 0.1) is 11.8 Å². The molecule has 28 heavy (non-hydrogen) atoms. The predicted molar refractivity (Wildman–Crippen MR) is 113 cm³/mol. The van der Waals surface area contributed by atoms with E-state index in [0.29, 0.717) is 25.4 Å². The summed E-state index contributed by atoms with van der Waals surface area (Å²) in [5, 5.41) is 9.68. The van der Waals surface area contributed by atoms with Gasteiger partial charge in [0.1, 0.15) is 0 Å². The van der Waals surface area contributed by atoms with Crippen LogP contribution in [0.5, 0.6) is 0 Å². The van der Waals surface area contributed by atoms with Gasteiger partial charge in [-0.2, -0.15) is 0 Å². The first kappa shape index (κ1) is 22.5. The predicted octanol–water partition coefficient (Wildman–Crippen LogP) is 1.89. The molecule has 1 aliphatic heterocycles. The van der Waals surface area contributed by atoms with Crippen LogP contribution in [0.1, 0.15) is 65.7 Å². The number of nitrogens with zero attached hydrogens (tertiary/aromatic N) is 2. The standard InChI is InChI=1S/C21H39N5O2/c1-4-22-21(25-18-10-13-26(15-18)20(28)16(2)3)24-12-11-23-19(27)14-17-8-6-5-7-9-17/h16-18H,4-15H2,1-3H3,(H,23,27)(H2,22,24,25). The van der Waals surface area contributed by atoms with Crippen molar-refractivity contribution in [1.82, 2.24) is 20.9 Å². The van der Waals surface area contributed by atoms with Gasteiger partial charge >= 0.3 is 0 Å². The van der Waals surface area contributed by atoms with Gasteiger partial charge in [-0.15, -0.1) is 0 Å². The third-order valence-electron chi connectivity index (χ3n) is 5.58. The second-order valence-corrected chi connectivity index (χ2v) is 8.39. The first-order chi connectivity index (χ1) is 13.5. The van der Waals surface area contributed by atoms with E-state index in [1.54, 1.807) is 0 Å². The van der Waals surface area contributed by atoms with E-state index in [4.69, 9.17) is 0 Å². The summed E-state index contributed by atoms with van der Waals surface area (Å²) in [6, 6.07) is 0.224. The van der Waals surface area contributed by atoms with Gasteiger partial charge in [0.05, 0.1) is 6.54 Å². The Labute approximate surface area is 170 Å². The van der Waals surface area contributed by atoms with Gasteiger partial charge in [-0.3, -0.25) is 14.6 Å². The summed E-state index contributed by atoms with van der Waals surface area (Å²) >= 11 is 0. The molecule has 3 N–H and O–H groups in total. The molecular formula is C21H39N5O2. The smallest absolute Gasteiger partial charge is 0.225 e. The molecular weight excluding hydrogens is 354 g/mol. The molecule has 0 bridgehead atoms. The largest absolute Gasteiger partial charge is 0.357 e. The number of hydrogen-bond acceptors (Lipinski definition) is 3. The fourth-order valence-electron chi connectivity index (χ4n) is 4.05. The van der Waals surface area contributed by atoms with Crippen LogP contribution in [0.2, 0.25) is 0 Å². The number of likely N-dealkylation sites (tertiary alicyclic amines) is 1. The lowest BCUT2D eigenvalue weighted by atomic mass is 9.87. The van der Waals surface area contributed by atoms with Crippen LogP contribution in [-0.4, -0.2) is 61.4 Å². The molecule has 7 heteroatoms. The summed E-state index contributed by atoms with van der Waals surface area (Å²) in [5.74, 6) is 1.73. The third kappa shape index (κ3) is 7.68. The fraction of sp³-hybridized carbons (Fsp3) is 0.857. The summed E-state index contributed by atoms with van der Waals surface area (Å²) < 4.78 is 0. The maximum Gasteiger partial charge on any atom is 0.225 e. The van der Waals surface area contributed by atoms with Gasteiger partial charge in [0.25, 0.3) is 0 Å². The Balaban J connectivity index is 1.70. The summed E-state index contributed by atoms with van der Waals surface area (Å²) in [5.41, 5.74) is 0. The maximum atomic E-state index is 12.1. The van der Waals surface area contributed by atoms with Crippen molar-refractivity contribution in [3.8, 4) is 0 Å². The summed E-state index contributed by atoms with van der Waals surface area (Å²) in [7, 11) is 0. The second kappa shape index (κ2) is 11.9. The summed E-state index contributed by atoms with van der Waals surface area (Å²) in [6.45, 7) is 9.32. The van der Waals surface area contributed by atoms with Gasteiger partial charge in [-0.1, -0.05) is 33.1 Å². The third-order valence-corrected chi connectivity index (χ3v) is 5.58. The van der Waals surface area contributed by atoms with Crippen molar-refractivity contribution in [3.05, 3.63) is 0 Å². The van der Waals surface area contributed by atoms with Gasteiger partial charge in [0.2, 0.25) is 11.8 Å². The average Bonchev–Trinajstić information content (AvgIpc) is 3.13. The second-order valence-electron chi connectivity index (χ2n) is 8.39. The summed E-state index contributed by atoms with van der Waals surface area (Å²) in [4.78, 5) is 30.7. The number of rotatable bonds is 8. The Morgan fingerprint density at radius 3 is 2.54 bits per heavy atom. The topological polar surface area (TPSA) is 85.8 Å². The molecule has 0 aromatic carbocycles. The zero-order valence-corrected chi connectivity index (χ0v) is 17.9. The minimum atomic E-state index is 0.0397. The fourth-order valence-corrected chi connectivity index (χ4v) is 4.05. The van der Waals surface area contributed by atoms with E-state index in [-0.39, 0.29) is 23.8 Å². The Kier molecular flexibility index (Phi) is 9.58. The Morgan fingerprint density at radius 2 is 1.86 bits per heavy atom. The van der Waals surface area contributed by atoms with E-state index in [1.165, 1.54) is 32.1 Å². The lowest BCUT2D eigenvalue weighted by molar-refractivity contribution is -0.133. The quantitative estimate of drug-likeness (QED) is 0.334. The van der Waals surface area contributed by atoms with E-state index < -0.39 is 0 Å². The van der Waals surface area contributed by atoms with E-state index in [1.807, 2.05) is 25.7 Å². The molecule has 0 spiro atoms. The number of guanidine groups is 1. The number of nitrogens with one attached hydrogen (secondary N) is 3. The first-order valence-corrected chi connectivity index (χ1v) is 11.1.